The Bertz CT molecular complexity index is 474. The maximum absolute atomic E-state index is 12.6. The van der Waals surface area contributed by atoms with Crippen LogP contribution in [0.25, 0.3) is 0 Å². The van der Waals surface area contributed by atoms with E-state index >= 15 is 0 Å². The third-order valence-electron chi connectivity index (χ3n) is 4.57. The molecule has 1 fully saturated rings. The van der Waals surface area contributed by atoms with Gasteiger partial charge in [0.25, 0.3) is 0 Å². The summed E-state index contributed by atoms with van der Waals surface area (Å²) < 4.78 is 1.00. The maximum Gasteiger partial charge on any atom is 0.179 e. The van der Waals surface area contributed by atoms with Crippen LogP contribution in [0.4, 0.5) is 0 Å². The molecule has 1 aromatic rings. The number of ketones is 1. The highest BCUT2D eigenvalue weighted by Gasteiger charge is 2.27. The summed E-state index contributed by atoms with van der Waals surface area (Å²) in [6, 6.07) is 8.16. The number of halogens is 1. The lowest BCUT2D eigenvalue weighted by Gasteiger charge is -2.30. The molecule has 0 amide bonds. The van der Waals surface area contributed by atoms with Crippen LogP contribution in [0.2, 0.25) is 0 Å². The van der Waals surface area contributed by atoms with Crippen LogP contribution in [0.1, 0.15) is 37.0 Å². The van der Waals surface area contributed by atoms with Crippen LogP contribution in [0.3, 0.4) is 0 Å². The molecule has 0 aromatic heterocycles. The van der Waals surface area contributed by atoms with E-state index in [0.29, 0.717) is 6.04 Å². The summed E-state index contributed by atoms with van der Waals surface area (Å²) in [6.45, 7) is 7.50. The number of hydrogen-bond donors (Lipinski definition) is 0. The van der Waals surface area contributed by atoms with E-state index in [1.807, 2.05) is 31.2 Å². The molecule has 21 heavy (non-hydrogen) atoms. The van der Waals surface area contributed by atoms with Crippen LogP contribution in [0.15, 0.2) is 28.7 Å². The number of carbonyl (C=O) groups excluding carboxylic acids is 1. The summed E-state index contributed by atoms with van der Waals surface area (Å²) in [5.74, 6) is 0.200. The van der Waals surface area contributed by atoms with Gasteiger partial charge in [-0.3, -0.25) is 14.6 Å². The number of rotatable bonds is 6. The summed E-state index contributed by atoms with van der Waals surface area (Å²) >= 11 is 3.41. The van der Waals surface area contributed by atoms with Gasteiger partial charge < -0.3 is 0 Å². The minimum atomic E-state index is -0.0783. The lowest BCUT2D eigenvalue weighted by atomic mass is 10.0. The van der Waals surface area contributed by atoms with Gasteiger partial charge >= 0.3 is 0 Å². The van der Waals surface area contributed by atoms with Crippen molar-refractivity contribution in [3.8, 4) is 0 Å². The highest BCUT2D eigenvalue weighted by atomic mass is 79.9. The Labute approximate surface area is 136 Å². The fourth-order valence-electron chi connectivity index (χ4n) is 3.06. The second-order valence-electron chi connectivity index (χ2n) is 5.91. The standard InChI is InChI=1S/C17H25BrN2O/c1-4-20-11-5-6-16(20)12-19(3)13(2)17(21)14-7-9-15(18)10-8-14/h7-10,13,16H,4-6,11-12H2,1-3H3. The molecule has 0 spiro atoms. The average Bonchev–Trinajstić information content (AvgIpc) is 2.93. The zero-order valence-corrected chi connectivity index (χ0v) is 14.8. The molecule has 1 aliphatic heterocycles. The van der Waals surface area contributed by atoms with E-state index < -0.39 is 0 Å². The van der Waals surface area contributed by atoms with Crippen LogP contribution < -0.4 is 0 Å². The first-order valence-electron chi connectivity index (χ1n) is 7.77. The van der Waals surface area contributed by atoms with Crippen molar-refractivity contribution in [2.45, 2.75) is 38.8 Å². The Morgan fingerprint density at radius 1 is 1.43 bits per heavy atom. The molecular weight excluding hydrogens is 328 g/mol. The predicted octanol–water partition coefficient (Wildman–Crippen LogP) is 3.44. The number of likely N-dealkylation sites (N-methyl/N-ethyl adjacent to an activating group) is 2. The van der Waals surface area contributed by atoms with Crippen molar-refractivity contribution in [3.63, 3.8) is 0 Å². The second-order valence-corrected chi connectivity index (χ2v) is 6.83. The van der Waals surface area contributed by atoms with Crippen LogP contribution in [0.5, 0.6) is 0 Å². The van der Waals surface area contributed by atoms with Crippen LogP contribution in [-0.4, -0.2) is 54.3 Å². The van der Waals surface area contributed by atoms with E-state index in [9.17, 15) is 4.79 Å². The number of hydrogen-bond acceptors (Lipinski definition) is 3. The molecule has 2 rings (SSSR count). The maximum atomic E-state index is 12.6. The third kappa shape index (κ3) is 4.15. The molecule has 2 unspecified atom stereocenters. The summed E-state index contributed by atoms with van der Waals surface area (Å²) in [5.41, 5.74) is 0.788. The van der Waals surface area contributed by atoms with Crippen molar-refractivity contribution in [1.29, 1.82) is 0 Å². The SMILES string of the molecule is CCN1CCCC1CN(C)C(C)C(=O)c1ccc(Br)cc1. The summed E-state index contributed by atoms with van der Waals surface area (Å²) in [4.78, 5) is 17.3. The summed E-state index contributed by atoms with van der Waals surface area (Å²) in [7, 11) is 2.06. The molecule has 1 saturated heterocycles. The number of carbonyl (C=O) groups is 1. The van der Waals surface area contributed by atoms with Crippen molar-refractivity contribution in [1.82, 2.24) is 9.80 Å². The highest BCUT2D eigenvalue weighted by Crippen LogP contribution is 2.19. The Morgan fingerprint density at radius 2 is 2.10 bits per heavy atom. The summed E-state index contributed by atoms with van der Waals surface area (Å²) in [6.07, 6.45) is 2.53. The molecule has 2 atom stereocenters. The average molecular weight is 353 g/mol. The summed E-state index contributed by atoms with van der Waals surface area (Å²) in [5, 5.41) is 0. The van der Waals surface area contributed by atoms with E-state index in [-0.39, 0.29) is 11.8 Å². The quantitative estimate of drug-likeness (QED) is 0.732. The van der Waals surface area contributed by atoms with Gasteiger partial charge in [-0.2, -0.15) is 0 Å². The zero-order chi connectivity index (χ0) is 15.4. The third-order valence-corrected chi connectivity index (χ3v) is 5.10. The van der Waals surface area contributed by atoms with E-state index in [1.165, 1.54) is 19.4 Å². The molecule has 1 aromatic carbocycles. The minimum absolute atomic E-state index is 0.0783. The normalized spacial score (nSPS) is 20.9. The van der Waals surface area contributed by atoms with Gasteiger partial charge in [0, 0.05) is 22.6 Å². The van der Waals surface area contributed by atoms with Gasteiger partial charge in [-0.25, -0.2) is 0 Å². The molecule has 4 heteroatoms. The van der Waals surface area contributed by atoms with Gasteiger partial charge in [0.2, 0.25) is 0 Å². The molecule has 0 bridgehead atoms. The molecule has 0 N–H and O–H groups in total. The fraction of sp³-hybridized carbons (Fsp3) is 0.588. The minimum Gasteiger partial charge on any atom is -0.299 e. The van der Waals surface area contributed by atoms with Crippen LogP contribution in [-0.2, 0) is 0 Å². The van der Waals surface area contributed by atoms with Crippen molar-refractivity contribution in [2.75, 3.05) is 26.7 Å². The predicted molar refractivity (Wildman–Crippen MR) is 90.8 cm³/mol. The largest absolute Gasteiger partial charge is 0.299 e. The fourth-order valence-corrected chi connectivity index (χ4v) is 3.33. The van der Waals surface area contributed by atoms with Crippen LogP contribution in [0, 0.1) is 0 Å². The van der Waals surface area contributed by atoms with Gasteiger partial charge in [0.15, 0.2) is 5.78 Å². The van der Waals surface area contributed by atoms with Gasteiger partial charge in [-0.1, -0.05) is 35.0 Å². The van der Waals surface area contributed by atoms with Crippen molar-refractivity contribution in [2.24, 2.45) is 0 Å². The van der Waals surface area contributed by atoms with Crippen molar-refractivity contribution >= 4 is 21.7 Å². The molecule has 116 valence electrons. The Balaban J connectivity index is 1.96. The molecule has 0 radical (unpaired) electrons. The first kappa shape index (κ1) is 16.7. The van der Waals surface area contributed by atoms with Crippen molar-refractivity contribution < 1.29 is 4.79 Å². The highest BCUT2D eigenvalue weighted by molar-refractivity contribution is 9.10. The molecule has 1 aliphatic rings. The Hall–Kier alpha value is -0.710. The van der Waals surface area contributed by atoms with Gasteiger partial charge in [-0.05, 0) is 52.0 Å². The van der Waals surface area contributed by atoms with E-state index in [1.54, 1.807) is 0 Å². The number of Topliss-reactive ketones (excluding diaryl/α,β-unsaturated/α-hetero) is 1. The first-order valence-corrected chi connectivity index (χ1v) is 8.56. The Morgan fingerprint density at radius 3 is 2.71 bits per heavy atom. The van der Waals surface area contributed by atoms with E-state index in [4.69, 9.17) is 0 Å². The molecule has 1 heterocycles. The van der Waals surface area contributed by atoms with Crippen LogP contribution >= 0.6 is 15.9 Å². The van der Waals surface area contributed by atoms with Gasteiger partial charge in [-0.15, -0.1) is 0 Å². The number of likely N-dealkylation sites (tertiary alicyclic amines) is 1. The second kappa shape index (κ2) is 7.52. The lowest BCUT2D eigenvalue weighted by molar-refractivity contribution is 0.0836. The molecule has 0 saturated carbocycles. The molecule has 3 nitrogen and oxygen atoms in total. The molecule has 0 aliphatic carbocycles. The topological polar surface area (TPSA) is 23.6 Å². The lowest BCUT2D eigenvalue weighted by Crippen LogP contribution is -2.44. The van der Waals surface area contributed by atoms with Gasteiger partial charge in [0.05, 0.1) is 6.04 Å². The molecular formula is C17H25BrN2O. The number of nitrogens with zero attached hydrogens (tertiary/aromatic N) is 2. The van der Waals surface area contributed by atoms with Gasteiger partial charge in [0.1, 0.15) is 0 Å². The monoisotopic (exact) mass is 352 g/mol. The zero-order valence-electron chi connectivity index (χ0n) is 13.2. The first-order chi connectivity index (χ1) is 10.0. The smallest absolute Gasteiger partial charge is 0.179 e. The van der Waals surface area contributed by atoms with E-state index in [0.717, 1.165) is 23.1 Å². The number of benzene rings is 1. The van der Waals surface area contributed by atoms with E-state index in [2.05, 4.69) is 39.7 Å². The Kier molecular flexibility index (Phi) is 5.97. The van der Waals surface area contributed by atoms with Crippen molar-refractivity contribution in [3.05, 3.63) is 34.3 Å².